The molecule has 1 fully saturated rings. The third-order valence-corrected chi connectivity index (χ3v) is 5.86. The highest BCUT2D eigenvalue weighted by Gasteiger charge is 2.31. The fourth-order valence-corrected chi connectivity index (χ4v) is 4.05. The van der Waals surface area contributed by atoms with Crippen LogP contribution < -0.4 is 15.4 Å². The van der Waals surface area contributed by atoms with Gasteiger partial charge >= 0.3 is 0 Å². The fraction of sp³-hybridized carbons (Fsp3) is 0.160. The van der Waals surface area contributed by atoms with Crippen molar-refractivity contribution in [3.8, 4) is 5.75 Å². The summed E-state index contributed by atoms with van der Waals surface area (Å²) in [5.74, 6) is 0.0533. The van der Waals surface area contributed by atoms with Gasteiger partial charge in [-0.3, -0.25) is 19.4 Å². The molecule has 2 aromatic carbocycles. The molecule has 2 aliphatic heterocycles. The summed E-state index contributed by atoms with van der Waals surface area (Å²) in [5.41, 5.74) is 7.10. The van der Waals surface area contributed by atoms with E-state index < -0.39 is 5.91 Å². The van der Waals surface area contributed by atoms with Crippen LogP contribution in [0.15, 0.2) is 66.8 Å². The first-order valence-corrected chi connectivity index (χ1v) is 10.8. The van der Waals surface area contributed by atoms with Gasteiger partial charge in [0.15, 0.2) is 11.5 Å². The first-order chi connectivity index (χ1) is 16.5. The van der Waals surface area contributed by atoms with Crippen LogP contribution in [0.2, 0.25) is 0 Å². The van der Waals surface area contributed by atoms with Crippen molar-refractivity contribution in [2.75, 3.05) is 31.1 Å². The zero-order valence-corrected chi connectivity index (χ0v) is 18.2. The number of hydrogen-bond donors (Lipinski definition) is 1. The van der Waals surface area contributed by atoms with Crippen LogP contribution >= 0.6 is 0 Å². The second kappa shape index (κ2) is 8.78. The minimum Gasteiger partial charge on any atom is -0.452 e. The lowest BCUT2D eigenvalue weighted by Gasteiger charge is -2.35. The van der Waals surface area contributed by atoms with Gasteiger partial charge in [-0.05, 0) is 35.9 Å². The second-order valence-corrected chi connectivity index (χ2v) is 7.95. The summed E-state index contributed by atoms with van der Waals surface area (Å²) in [4.78, 5) is 49.6. The number of carbonyl (C=O) groups is 3. The van der Waals surface area contributed by atoms with Crippen molar-refractivity contribution in [1.29, 1.82) is 0 Å². The van der Waals surface area contributed by atoms with Crippen LogP contribution in [0.3, 0.4) is 0 Å². The number of rotatable bonds is 4. The molecule has 0 radical (unpaired) electrons. The van der Waals surface area contributed by atoms with Crippen LogP contribution in [-0.2, 0) is 0 Å². The van der Waals surface area contributed by atoms with Crippen LogP contribution in [0.5, 0.6) is 5.75 Å². The van der Waals surface area contributed by atoms with Gasteiger partial charge in [0.25, 0.3) is 11.8 Å². The molecule has 0 bridgehead atoms. The lowest BCUT2D eigenvalue weighted by Crippen LogP contribution is -2.49. The Kier molecular flexibility index (Phi) is 5.51. The minimum absolute atomic E-state index is 0.0512. The lowest BCUT2D eigenvalue weighted by molar-refractivity contribution is 0.0746. The third kappa shape index (κ3) is 3.99. The van der Waals surface area contributed by atoms with E-state index in [9.17, 15) is 14.4 Å². The maximum absolute atomic E-state index is 12.9. The van der Waals surface area contributed by atoms with E-state index in [1.165, 1.54) is 6.07 Å². The molecular formula is C25H21N5O4. The van der Waals surface area contributed by atoms with Crippen LogP contribution in [-0.4, -0.2) is 58.6 Å². The van der Waals surface area contributed by atoms with Crippen LogP contribution in [0.1, 0.15) is 36.6 Å². The van der Waals surface area contributed by atoms with E-state index in [4.69, 9.17) is 10.5 Å². The van der Waals surface area contributed by atoms with Gasteiger partial charge in [0.05, 0.1) is 17.3 Å². The number of ketones is 1. The van der Waals surface area contributed by atoms with E-state index in [2.05, 4.69) is 14.9 Å². The molecule has 0 spiro atoms. The Balaban J connectivity index is 1.26. The zero-order valence-electron chi connectivity index (χ0n) is 18.2. The predicted octanol–water partition coefficient (Wildman–Crippen LogP) is 2.15. The number of allylic oxidation sites excluding steroid dienone is 1. The zero-order chi connectivity index (χ0) is 23.7. The quantitative estimate of drug-likeness (QED) is 0.599. The molecule has 2 N–H and O–H groups in total. The maximum Gasteiger partial charge on any atom is 0.253 e. The van der Waals surface area contributed by atoms with Crippen molar-refractivity contribution in [3.63, 3.8) is 0 Å². The van der Waals surface area contributed by atoms with E-state index >= 15 is 0 Å². The van der Waals surface area contributed by atoms with E-state index in [-0.39, 0.29) is 28.8 Å². The predicted molar refractivity (Wildman–Crippen MR) is 124 cm³/mol. The highest BCUT2D eigenvalue weighted by molar-refractivity contribution is 6.16. The average Bonchev–Trinajstić information content (AvgIpc) is 3.19. The summed E-state index contributed by atoms with van der Waals surface area (Å²) < 4.78 is 5.66. The molecule has 2 aliphatic rings. The summed E-state index contributed by atoms with van der Waals surface area (Å²) in [6.45, 7) is 2.54. The summed E-state index contributed by atoms with van der Waals surface area (Å²) in [6.07, 6.45) is 6.59. The number of nitrogens with two attached hydrogens (primary N) is 1. The molecule has 5 rings (SSSR count). The first-order valence-electron chi connectivity index (χ1n) is 10.8. The molecule has 0 unspecified atom stereocenters. The SMILES string of the molecule is NC(=O)c1cccc2c1O/C(=C\c1ccc(C(=O)N3CCN(c4cnccn4)CC3)cc1)C2=O. The molecule has 2 amide bonds. The first kappa shape index (κ1) is 21.3. The fourth-order valence-electron chi connectivity index (χ4n) is 4.05. The Morgan fingerprint density at radius 1 is 1.00 bits per heavy atom. The minimum atomic E-state index is -0.661. The normalized spacial score (nSPS) is 16.4. The summed E-state index contributed by atoms with van der Waals surface area (Å²) in [6, 6.07) is 11.7. The molecule has 1 saturated heterocycles. The number of Topliss-reactive ketones (excluding diaryl/α,β-unsaturated/α-hetero) is 1. The third-order valence-electron chi connectivity index (χ3n) is 5.86. The monoisotopic (exact) mass is 455 g/mol. The number of nitrogens with zero attached hydrogens (tertiary/aromatic N) is 4. The Morgan fingerprint density at radius 2 is 1.76 bits per heavy atom. The number of amides is 2. The molecule has 9 nitrogen and oxygen atoms in total. The number of para-hydroxylation sites is 1. The van der Waals surface area contributed by atoms with Gasteiger partial charge in [-0.15, -0.1) is 0 Å². The Hall–Kier alpha value is -4.53. The van der Waals surface area contributed by atoms with Crippen molar-refractivity contribution in [3.05, 3.63) is 89.1 Å². The van der Waals surface area contributed by atoms with Crippen LogP contribution in [0, 0.1) is 0 Å². The molecule has 1 aromatic heterocycles. The standard InChI is InChI=1S/C25H21N5O4/c26-24(32)19-3-1-2-18-22(31)20(34-23(18)19)14-16-4-6-17(7-5-16)25(33)30-12-10-29(11-13-30)21-15-27-8-9-28-21/h1-9,14-15H,10-13H2,(H2,26,32)/b20-14-. The van der Waals surface area contributed by atoms with Gasteiger partial charge < -0.3 is 20.3 Å². The summed E-state index contributed by atoms with van der Waals surface area (Å²) in [5, 5.41) is 0. The topological polar surface area (TPSA) is 119 Å². The molecule has 3 aromatic rings. The van der Waals surface area contributed by atoms with E-state index in [0.717, 1.165) is 5.82 Å². The highest BCUT2D eigenvalue weighted by atomic mass is 16.5. The number of ether oxygens (including phenoxy) is 1. The van der Waals surface area contributed by atoms with Crippen molar-refractivity contribution >= 4 is 29.5 Å². The number of primary amides is 1. The average molecular weight is 455 g/mol. The Labute approximate surface area is 195 Å². The molecule has 34 heavy (non-hydrogen) atoms. The smallest absolute Gasteiger partial charge is 0.253 e. The molecule has 0 aliphatic carbocycles. The van der Waals surface area contributed by atoms with Crippen molar-refractivity contribution in [1.82, 2.24) is 14.9 Å². The van der Waals surface area contributed by atoms with E-state index in [0.29, 0.717) is 42.9 Å². The number of benzene rings is 2. The highest BCUT2D eigenvalue weighted by Crippen LogP contribution is 2.35. The van der Waals surface area contributed by atoms with Crippen molar-refractivity contribution < 1.29 is 19.1 Å². The van der Waals surface area contributed by atoms with Gasteiger partial charge in [0.1, 0.15) is 5.82 Å². The van der Waals surface area contributed by atoms with Gasteiger partial charge in [-0.1, -0.05) is 18.2 Å². The number of fused-ring (bicyclic) bond motifs is 1. The molecule has 9 heteroatoms. The number of piperazine rings is 1. The summed E-state index contributed by atoms with van der Waals surface area (Å²) >= 11 is 0. The number of aromatic nitrogens is 2. The maximum atomic E-state index is 12.9. The van der Waals surface area contributed by atoms with Crippen LogP contribution in [0.4, 0.5) is 5.82 Å². The Morgan fingerprint density at radius 3 is 2.44 bits per heavy atom. The number of hydrogen-bond acceptors (Lipinski definition) is 7. The number of carbonyl (C=O) groups excluding carboxylic acids is 3. The van der Waals surface area contributed by atoms with E-state index in [1.807, 2.05) is 4.90 Å². The van der Waals surface area contributed by atoms with Gasteiger partial charge in [-0.2, -0.15) is 0 Å². The molecule has 3 heterocycles. The summed E-state index contributed by atoms with van der Waals surface area (Å²) in [7, 11) is 0. The van der Waals surface area contributed by atoms with Crippen molar-refractivity contribution in [2.24, 2.45) is 5.73 Å². The largest absolute Gasteiger partial charge is 0.452 e. The second-order valence-electron chi connectivity index (χ2n) is 7.95. The molecular weight excluding hydrogens is 434 g/mol. The van der Waals surface area contributed by atoms with Gasteiger partial charge in [0, 0.05) is 44.1 Å². The molecule has 170 valence electrons. The molecule has 0 saturated carbocycles. The molecule has 0 atom stereocenters. The Bertz CT molecular complexity index is 1300. The van der Waals surface area contributed by atoms with Gasteiger partial charge in [-0.25, -0.2) is 4.98 Å². The number of anilines is 1. The van der Waals surface area contributed by atoms with Crippen molar-refractivity contribution in [2.45, 2.75) is 0 Å². The van der Waals surface area contributed by atoms with Crippen LogP contribution in [0.25, 0.3) is 6.08 Å². The van der Waals surface area contributed by atoms with Gasteiger partial charge in [0.2, 0.25) is 5.78 Å². The van der Waals surface area contributed by atoms with E-state index in [1.54, 1.807) is 61.1 Å². The lowest BCUT2D eigenvalue weighted by atomic mass is 10.0.